The second-order valence-corrected chi connectivity index (χ2v) is 5.50. The van der Waals surface area contributed by atoms with Gasteiger partial charge in [0, 0.05) is 29.0 Å². The van der Waals surface area contributed by atoms with Crippen LogP contribution in [0.2, 0.25) is 0 Å². The summed E-state index contributed by atoms with van der Waals surface area (Å²) in [5, 5.41) is 10.2. The smallest absolute Gasteiger partial charge is 0.387 e. The molecule has 0 aliphatic heterocycles. The zero-order valence-corrected chi connectivity index (χ0v) is 11.1. The van der Waals surface area contributed by atoms with Crippen molar-refractivity contribution in [3.63, 3.8) is 0 Å². The number of aliphatic hydroxyl groups is 1. The Morgan fingerprint density at radius 2 is 2.11 bits per heavy atom. The molecule has 0 aromatic carbocycles. The number of alkyl halides is 3. The van der Waals surface area contributed by atoms with Gasteiger partial charge < -0.3 is 5.11 Å². The maximum Gasteiger partial charge on any atom is 0.416 e. The van der Waals surface area contributed by atoms with Crippen molar-refractivity contribution in [2.45, 2.75) is 37.8 Å². The quantitative estimate of drug-likeness (QED) is 0.892. The lowest BCUT2D eigenvalue weighted by Gasteiger charge is -2.18. The highest BCUT2D eigenvalue weighted by atomic mass is 32.2. The molecule has 0 saturated carbocycles. The molecule has 0 amide bonds. The van der Waals surface area contributed by atoms with Crippen LogP contribution in [-0.2, 0) is 6.18 Å². The SMILES string of the molecule is CCC(C)SCC(O)c1cnccc1C(F)(F)F. The van der Waals surface area contributed by atoms with E-state index >= 15 is 0 Å². The van der Waals surface area contributed by atoms with E-state index < -0.39 is 17.8 Å². The summed E-state index contributed by atoms with van der Waals surface area (Å²) >= 11 is 1.45. The Hall–Kier alpha value is -0.750. The van der Waals surface area contributed by atoms with E-state index in [4.69, 9.17) is 0 Å². The van der Waals surface area contributed by atoms with Crippen LogP contribution in [0.25, 0.3) is 0 Å². The van der Waals surface area contributed by atoms with Gasteiger partial charge in [-0.1, -0.05) is 13.8 Å². The van der Waals surface area contributed by atoms with Crippen LogP contribution in [0.1, 0.15) is 37.5 Å². The summed E-state index contributed by atoms with van der Waals surface area (Å²) in [6, 6.07) is 0.895. The van der Waals surface area contributed by atoms with E-state index in [0.717, 1.165) is 24.9 Å². The number of nitrogens with zero attached hydrogens (tertiary/aromatic N) is 1. The number of halogens is 3. The first-order chi connectivity index (χ1) is 8.36. The number of hydrogen-bond donors (Lipinski definition) is 1. The van der Waals surface area contributed by atoms with Gasteiger partial charge in [0.25, 0.3) is 0 Å². The van der Waals surface area contributed by atoms with Gasteiger partial charge in [0.05, 0.1) is 11.7 Å². The van der Waals surface area contributed by atoms with Crippen LogP contribution in [0, 0.1) is 0 Å². The Labute approximate surface area is 109 Å². The first kappa shape index (κ1) is 15.3. The zero-order chi connectivity index (χ0) is 13.8. The lowest BCUT2D eigenvalue weighted by atomic mass is 10.1. The fourth-order valence-electron chi connectivity index (χ4n) is 1.39. The first-order valence-electron chi connectivity index (χ1n) is 5.67. The molecule has 0 radical (unpaired) electrons. The number of thioether (sulfide) groups is 1. The molecule has 1 aromatic rings. The largest absolute Gasteiger partial charge is 0.416 e. The van der Waals surface area contributed by atoms with Crippen molar-refractivity contribution in [2.24, 2.45) is 0 Å². The molecule has 2 atom stereocenters. The normalized spacial score (nSPS) is 15.4. The summed E-state index contributed by atoms with van der Waals surface area (Å²) in [7, 11) is 0. The van der Waals surface area contributed by atoms with E-state index in [1.807, 2.05) is 13.8 Å². The van der Waals surface area contributed by atoms with Gasteiger partial charge in [-0.05, 0) is 12.5 Å². The highest BCUT2D eigenvalue weighted by molar-refractivity contribution is 7.99. The van der Waals surface area contributed by atoms with E-state index in [-0.39, 0.29) is 11.3 Å². The van der Waals surface area contributed by atoms with Gasteiger partial charge in [0.15, 0.2) is 0 Å². The molecule has 0 aliphatic carbocycles. The second-order valence-electron chi connectivity index (χ2n) is 4.03. The van der Waals surface area contributed by atoms with Crippen molar-refractivity contribution >= 4 is 11.8 Å². The molecule has 0 bridgehead atoms. The molecule has 102 valence electrons. The third-order valence-electron chi connectivity index (χ3n) is 2.63. The minimum atomic E-state index is -4.46. The summed E-state index contributed by atoms with van der Waals surface area (Å²) in [6.45, 7) is 3.97. The maximum atomic E-state index is 12.7. The lowest BCUT2D eigenvalue weighted by Crippen LogP contribution is -2.14. The highest BCUT2D eigenvalue weighted by Crippen LogP contribution is 2.35. The Balaban J connectivity index is 2.82. The minimum absolute atomic E-state index is 0.152. The van der Waals surface area contributed by atoms with Crippen molar-refractivity contribution in [2.75, 3.05) is 5.75 Å². The fourth-order valence-corrected chi connectivity index (χ4v) is 2.32. The number of pyridine rings is 1. The van der Waals surface area contributed by atoms with Gasteiger partial charge in [0.1, 0.15) is 0 Å². The van der Waals surface area contributed by atoms with Crippen molar-refractivity contribution in [1.29, 1.82) is 0 Å². The van der Waals surface area contributed by atoms with Gasteiger partial charge in [-0.3, -0.25) is 4.98 Å². The Kier molecular flexibility index (Phi) is 5.47. The summed E-state index contributed by atoms with van der Waals surface area (Å²) in [5.41, 5.74) is -0.962. The molecular weight excluding hydrogens is 263 g/mol. The Morgan fingerprint density at radius 3 is 2.67 bits per heavy atom. The number of rotatable bonds is 5. The third-order valence-corrected chi connectivity index (χ3v) is 4.04. The molecule has 18 heavy (non-hydrogen) atoms. The first-order valence-corrected chi connectivity index (χ1v) is 6.71. The standard InChI is InChI=1S/C12H16F3NOS/c1-3-8(2)18-7-11(17)9-6-16-5-4-10(9)12(13,14)15/h4-6,8,11,17H,3,7H2,1-2H3. The summed E-state index contributed by atoms with van der Waals surface area (Å²) < 4.78 is 38.2. The average Bonchev–Trinajstić information content (AvgIpc) is 2.34. The van der Waals surface area contributed by atoms with E-state index in [0.29, 0.717) is 5.25 Å². The predicted octanol–water partition coefficient (Wildman–Crippen LogP) is 3.67. The van der Waals surface area contributed by atoms with Crippen molar-refractivity contribution < 1.29 is 18.3 Å². The molecule has 1 N–H and O–H groups in total. The van der Waals surface area contributed by atoms with E-state index in [2.05, 4.69) is 4.98 Å². The summed E-state index contributed by atoms with van der Waals surface area (Å²) in [4.78, 5) is 3.66. The Morgan fingerprint density at radius 1 is 1.44 bits per heavy atom. The van der Waals surface area contributed by atoms with Gasteiger partial charge in [-0.2, -0.15) is 24.9 Å². The molecule has 0 saturated heterocycles. The molecule has 1 rings (SSSR count). The molecule has 1 aromatic heterocycles. The number of hydrogen-bond acceptors (Lipinski definition) is 3. The number of aromatic nitrogens is 1. The lowest BCUT2D eigenvalue weighted by molar-refractivity contribution is -0.139. The summed E-state index contributed by atoms with van der Waals surface area (Å²) in [5.74, 6) is 0.240. The van der Waals surface area contributed by atoms with Gasteiger partial charge in [-0.25, -0.2) is 0 Å². The molecule has 0 spiro atoms. The third kappa shape index (κ3) is 4.17. The van der Waals surface area contributed by atoms with Crippen LogP contribution < -0.4 is 0 Å². The van der Waals surface area contributed by atoms with Gasteiger partial charge >= 0.3 is 6.18 Å². The molecule has 0 fully saturated rings. The van der Waals surface area contributed by atoms with E-state index in [1.165, 1.54) is 11.8 Å². The molecule has 0 aliphatic rings. The van der Waals surface area contributed by atoms with Crippen LogP contribution in [-0.4, -0.2) is 21.1 Å². The topological polar surface area (TPSA) is 33.1 Å². The van der Waals surface area contributed by atoms with E-state index in [1.54, 1.807) is 0 Å². The Bertz CT molecular complexity index is 384. The predicted molar refractivity (Wildman–Crippen MR) is 66.4 cm³/mol. The number of aliphatic hydroxyl groups excluding tert-OH is 1. The molecule has 2 unspecified atom stereocenters. The van der Waals surface area contributed by atoms with Crippen molar-refractivity contribution in [3.05, 3.63) is 29.6 Å². The van der Waals surface area contributed by atoms with Crippen LogP contribution in [0.3, 0.4) is 0 Å². The minimum Gasteiger partial charge on any atom is -0.387 e. The van der Waals surface area contributed by atoms with Crippen LogP contribution in [0.15, 0.2) is 18.5 Å². The molecule has 6 heteroatoms. The highest BCUT2D eigenvalue weighted by Gasteiger charge is 2.34. The van der Waals surface area contributed by atoms with Crippen molar-refractivity contribution in [3.8, 4) is 0 Å². The van der Waals surface area contributed by atoms with Gasteiger partial charge in [0.2, 0.25) is 0 Å². The van der Waals surface area contributed by atoms with Crippen molar-refractivity contribution in [1.82, 2.24) is 4.98 Å². The van der Waals surface area contributed by atoms with Crippen LogP contribution in [0.4, 0.5) is 13.2 Å². The monoisotopic (exact) mass is 279 g/mol. The molecule has 1 heterocycles. The fraction of sp³-hybridized carbons (Fsp3) is 0.583. The van der Waals surface area contributed by atoms with Gasteiger partial charge in [-0.15, -0.1) is 0 Å². The zero-order valence-electron chi connectivity index (χ0n) is 10.2. The van der Waals surface area contributed by atoms with Crippen LogP contribution in [0.5, 0.6) is 0 Å². The molecular formula is C12H16F3NOS. The molecule has 2 nitrogen and oxygen atoms in total. The van der Waals surface area contributed by atoms with Crippen LogP contribution >= 0.6 is 11.8 Å². The second kappa shape index (κ2) is 6.43. The maximum absolute atomic E-state index is 12.7. The average molecular weight is 279 g/mol. The summed E-state index contributed by atoms with van der Waals surface area (Å²) in [6.07, 6.45) is -2.52. The van der Waals surface area contributed by atoms with E-state index in [9.17, 15) is 18.3 Å².